The molecule has 0 saturated heterocycles. The molecule has 1 rings (SSSR count). The molecule has 6 nitrogen and oxygen atoms in total. The maximum absolute atomic E-state index is 12.2. The first-order valence-corrected chi connectivity index (χ1v) is 6.79. The summed E-state index contributed by atoms with van der Waals surface area (Å²) in [6, 6.07) is 6.90. The standard InChI is InChI=1S/C15H23N3O3/c1-15(2,16-3)14(20)18-12-8-6-5-7-11(12)13(19)17-9-10-21-4/h5-8,16H,9-10H2,1-4H3,(H,17,19)(H,18,20). The molecule has 1 aromatic rings. The molecule has 0 aliphatic rings. The monoisotopic (exact) mass is 293 g/mol. The van der Waals surface area contributed by atoms with Crippen LogP contribution in [0.1, 0.15) is 24.2 Å². The number of para-hydroxylation sites is 1. The summed E-state index contributed by atoms with van der Waals surface area (Å²) in [5.74, 6) is -0.452. The number of anilines is 1. The summed E-state index contributed by atoms with van der Waals surface area (Å²) in [4.78, 5) is 24.3. The molecular weight excluding hydrogens is 270 g/mol. The number of carbonyl (C=O) groups is 2. The van der Waals surface area contributed by atoms with Gasteiger partial charge < -0.3 is 20.7 Å². The molecular formula is C15H23N3O3. The number of hydrogen-bond donors (Lipinski definition) is 3. The van der Waals surface area contributed by atoms with E-state index in [0.29, 0.717) is 24.4 Å². The number of hydrogen-bond acceptors (Lipinski definition) is 4. The van der Waals surface area contributed by atoms with Gasteiger partial charge in [0, 0.05) is 13.7 Å². The SMILES string of the molecule is CNC(C)(C)C(=O)Nc1ccccc1C(=O)NCCOC. The zero-order valence-corrected chi connectivity index (χ0v) is 12.9. The fraction of sp³-hybridized carbons (Fsp3) is 0.467. The van der Waals surface area contributed by atoms with Crippen molar-refractivity contribution in [2.45, 2.75) is 19.4 Å². The third-order valence-corrected chi connectivity index (χ3v) is 3.20. The maximum atomic E-state index is 12.2. The highest BCUT2D eigenvalue weighted by atomic mass is 16.5. The van der Waals surface area contributed by atoms with Crippen LogP contribution >= 0.6 is 0 Å². The summed E-state index contributed by atoms with van der Waals surface area (Å²) in [7, 11) is 3.28. The van der Waals surface area contributed by atoms with Gasteiger partial charge in [0.1, 0.15) is 0 Å². The molecule has 0 aliphatic carbocycles. The Morgan fingerprint density at radius 2 is 1.90 bits per heavy atom. The molecule has 0 saturated carbocycles. The molecule has 0 aromatic heterocycles. The lowest BCUT2D eigenvalue weighted by Gasteiger charge is -2.23. The van der Waals surface area contributed by atoms with Crippen molar-refractivity contribution in [2.24, 2.45) is 0 Å². The second-order valence-electron chi connectivity index (χ2n) is 5.12. The van der Waals surface area contributed by atoms with E-state index in [1.807, 2.05) is 0 Å². The van der Waals surface area contributed by atoms with Crippen molar-refractivity contribution in [3.63, 3.8) is 0 Å². The summed E-state index contributed by atoms with van der Waals surface area (Å²) in [6.45, 7) is 4.39. The quantitative estimate of drug-likeness (QED) is 0.655. The first-order chi connectivity index (χ1) is 9.92. The van der Waals surface area contributed by atoms with E-state index < -0.39 is 5.54 Å². The van der Waals surface area contributed by atoms with Crippen LogP contribution in [-0.4, -0.2) is 44.7 Å². The molecule has 21 heavy (non-hydrogen) atoms. The second-order valence-corrected chi connectivity index (χ2v) is 5.12. The Kier molecular flexibility index (Phi) is 6.33. The first kappa shape index (κ1) is 17.1. The summed E-state index contributed by atoms with van der Waals surface area (Å²) in [5.41, 5.74) is 0.189. The van der Waals surface area contributed by atoms with Gasteiger partial charge in [-0.05, 0) is 33.0 Å². The van der Waals surface area contributed by atoms with Crippen molar-refractivity contribution < 1.29 is 14.3 Å². The molecule has 0 heterocycles. The van der Waals surface area contributed by atoms with E-state index in [1.165, 1.54) is 0 Å². The number of benzene rings is 1. The molecule has 0 spiro atoms. The third-order valence-electron chi connectivity index (χ3n) is 3.20. The topological polar surface area (TPSA) is 79.5 Å². The minimum Gasteiger partial charge on any atom is -0.383 e. The van der Waals surface area contributed by atoms with Gasteiger partial charge in [0.2, 0.25) is 5.91 Å². The molecule has 0 unspecified atom stereocenters. The largest absolute Gasteiger partial charge is 0.383 e. The fourth-order valence-corrected chi connectivity index (χ4v) is 1.54. The van der Waals surface area contributed by atoms with E-state index in [9.17, 15) is 9.59 Å². The molecule has 0 bridgehead atoms. The minimum absolute atomic E-state index is 0.206. The number of methoxy groups -OCH3 is 1. The predicted octanol–water partition coefficient (Wildman–Crippen LogP) is 0.999. The average Bonchev–Trinajstić information content (AvgIpc) is 2.47. The van der Waals surface area contributed by atoms with E-state index in [2.05, 4.69) is 16.0 Å². The second kappa shape index (κ2) is 7.75. The van der Waals surface area contributed by atoms with Gasteiger partial charge in [-0.2, -0.15) is 0 Å². The van der Waals surface area contributed by atoms with Crippen LogP contribution in [0.2, 0.25) is 0 Å². The highest BCUT2D eigenvalue weighted by Gasteiger charge is 2.26. The molecule has 3 N–H and O–H groups in total. The van der Waals surface area contributed by atoms with Crippen molar-refractivity contribution in [1.29, 1.82) is 0 Å². The van der Waals surface area contributed by atoms with Crippen LogP contribution in [-0.2, 0) is 9.53 Å². The number of ether oxygens (including phenoxy) is 1. The van der Waals surface area contributed by atoms with Gasteiger partial charge in [0.25, 0.3) is 5.91 Å². The zero-order valence-electron chi connectivity index (χ0n) is 12.9. The molecule has 6 heteroatoms. The number of nitrogens with one attached hydrogen (secondary N) is 3. The lowest BCUT2D eigenvalue weighted by Crippen LogP contribution is -2.48. The van der Waals surface area contributed by atoms with Gasteiger partial charge in [-0.25, -0.2) is 0 Å². The van der Waals surface area contributed by atoms with Gasteiger partial charge in [0.05, 0.1) is 23.4 Å². The van der Waals surface area contributed by atoms with Crippen LogP contribution in [0, 0.1) is 0 Å². The highest BCUT2D eigenvalue weighted by Crippen LogP contribution is 2.16. The summed E-state index contributed by atoms with van der Waals surface area (Å²) >= 11 is 0. The maximum Gasteiger partial charge on any atom is 0.253 e. The molecule has 0 atom stereocenters. The lowest BCUT2D eigenvalue weighted by molar-refractivity contribution is -0.121. The fourth-order valence-electron chi connectivity index (χ4n) is 1.54. The van der Waals surface area contributed by atoms with Crippen molar-refractivity contribution in [3.05, 3.63) is 29.8 Å². The Hall–Kier alpha value is -1.92. The van der Waals surface area contributed by atoms with Crippen LogP contribution < -0.4 is 16.0 Å². The molecule has 0 fully saturated rings. The van der Waals surface area contributed by atoms with Crippen molar-refractivity contribution in [1.82, 2.24) is 10.6 Å². The third kappa shape index (κ3) is 4.84. The zero-order chi connectivity index (χ0) is 15.9. The molecule has 0 radical (unpaired) electrons. The van der Waals surface area contributed by atoms with Crippen LogP contribution in [0.15, 0.2) is 24.3 Å². The summed E-state index contributed by atoms with van der Waals surface area (Å²) in [6.07, 6.45) is 0. The van der Waals surface area contributed by atoms with Gasteiger partial charge >= 0.3 is 0 Å². The van der Waals surface area contributed by atoms with Crippen LogP contribution in [0.5, 0.6) is 0 Å². The molecule has 0 aliphatic heterocycles. The van der Waals surface area contributed by atoms with Gasteiger partial charge in [-0.1, -0.05) is 12.1 Å². The Bertz CT molecular complexity index is 501. The van der Waals surface area contributed by atoms with Gasteiger partial charge in [0.15, 0.2) is 0 Å². The van der Waals surface area contributed by atoms with Crippen molar-refractivity contribution >= 4 is 17.5 Å². The Morgan fingerprint density at radius 3 is 2.52 bits per heavy atom. The van der Waals surface area contributed by atoms with E-state index >= 15 is 0 Å². The van der Waals surface area contributed by atoms with Crippen molar-refractivity contribution in [2.75, 3.05) is 32.6 Å². The number of likely N-dealkylation sites (N-methyl/N-ethyl adjacent to an activating group) is 1. The van der Waals surface area contributed by atoms with E-state index in [4.69, 9.17) is 4.74 Å². The average molecular weight is 293 g/mol. The van der Waals surface area contributed by atoms with Crippen molar-refractivity contribution in [3.8, 4) is 0 Å². The molecule has 116 valence electrons. The predicted molar refractivity (Wildman–Crippen MR) is 82.4 cm³/mol. The number of rotatable bonds is 7. The minimum atomic E-state index is -0.723. The lowest BCUT2D eigenvalue weighted by atomic mass is 10.0. The van der Waals surface area contributed by atoms with Crippen LogP contribution in [0.25, 0.3) is 0 Å². The summed E-state index contributed by atoms with van der Waals surface area (Å²) in [5, 5.41) is 8.44. The smallest absolute Gasteiger partial charge is 0.253 e. The van der Waals surface area contributed by atoms with Crippen LogP contribution in [0.4, 0.5) is 5.69 Å². The summed E-state index contributed by atoms with van der Waals surface area (Å²) < 4.78 is 4.89. The Labute approximate surface area is 125 Å². The van der Waals surface area contributed by atoms with Gasteiger partial charge in [-0.15, -0.1) is 0 Å². The van der Waals surface area contributed by atoms with Gasteiger partial charge in [-0.3, -0.25) is 9.59 Å². The van der Waals surface area contributed by atoms with E-state index in [-0.39, 0.29) is 11.8 Å². The Morgan fingerprint density at radius 1 is 1.24 bits per heavy atom. The van der Waals surface area contributed by atoms with Crippen LogP contribution in [0.3, 0.4) is 0 Å². The number of amides is 2. The first-order valence-electron chi connectivity index (χ1n) is 6.79. The Balaban J connectivity index is 2.84. The molecule has 2 amide bonds. The highest BCUT2D eigenvalue weighted by molar-refractivity contribution is 6.05. The normalized spacial score (nSPS) is 11.0. The van der Waals surface area contributed by atoms with E-state index in [1.54, 1.807) is 52.3 Å². The number of carbonyl (C=O) groups excluding carboxylic acids is 2. The van der Waals surface area contributed by atoms with E-state index in [0.717, 1.165) is 0 Å². The molecule has 1 aromatic carbocycles.